The molecule has 108 valence electrons. The Labute approximate surface area is 116 Å². The third-order valence-electron chi connectivity index (χ3n) is 3.32. The monoisotopic (exact) mass is 278 g/mol. The lowest BCUT2D eigenvalue weighted by molar-refractivity contribution is 0.355. The molecular weight excluding hydrogens is 260 g/mol. The minimum atomic E-state index is -0.343. The minimum Gasteiger partial charge on any atom is -0.493 e. The summed E-state index contributed by atoms with van der Waals surface area (Å²) in [6.45, 7) is 3.60. The van der Waals surface area contributed by atoms with Crippen molar-refractivity contribution in [2.45, 2.75) is 19.9 Å². The van der Waals surface area contributed by atoms with E-state index < -0.39 is 0 Å². The van der Waals surface area contributed by atoms with Crippen LogP contribution in [-0.4, -0.2) is 23.4 Å². The molecule has 2 rings (SSSR count). The average Bonchev–Trinajstić information content (AvgIpc) is 2.43. The van der Waals surface area contributed by atoms with Crippen molar-refractivity contribution in [1.29, 1.82) is 0 Å². The summed E-state index contributed by atoms with van der Waals surface area (Å²) < 4.78 is 13.1. The highest BCUT2D eigenvalue weighted by Gasteiger charge is 2.16. The van der Waals surface area contributed by atoms with E-state index in [-0.39, 0.29) is 17.3 Å². The molecule has 0 amide bonds. The molecule has 0 aliphatic heterocycles. The third-order valence-corrected chi connectivity index (χ3v) is 3.32. The first kappa shape index (κ1) is 14.2. The van der Waals surface area contributed by atoms with Crippen molar-refractivity contribution in [3.8, 4) is 11.5 Å². The number of hydrogen-bond acceptors (Lipinski definition) is 4. The first-order valence-corrected chi connectivity index (χ1v) is 6.29. The average molecular weight is 278 g/mol. The van der Waals surface area contributed by atoms with Gasteiger partial charge in [0.05, 0.1) is 25.1 Å². The van der Waals surface area contributed by atoms with Gasteiger partial charge in [0.1, 0.15) is 0 Å². The van der Waals surface area contributed by atoms with Gasteiger partial charge in [-0.3, -0.25) is 13.9 Å². The zero-order valence-electron chi connectivity index (χ0n) is 12.3. The Bertz CT molecular complexity index is 771. The maximum Gasteiger partial charge on any atom is 0.331 e. The molecule has 1 heterocycles. The highest BCUT2D eigenvalue weighted by molar-refractivity contribution is 5.82. The number of ether oxygens (including phenoxy) is 2. The molecule has 0 spiro atoms. The van der Waals surface area contributed by atoms with Gasteiger partial charge in [0, 0.05) is 19.2 Å². The molecule has 20 heavy (non-hydrogen) atoms. The lowest BCUT2D eigenvalue weighted by Gasteiger charge is -2.15. The second-order valence-corrected chi connectivity index (χ2v) is 4.83. The second kappa shape index (κ2) is 5.03. The quantitative estimate of drug-likeness (QED) is 0.849. The molecule has 0 bridgehead atoms. The molecule has 0 radical (unpaired) electrons. The van der Waals surface area contributed by atoms with Crippen LogP contribution in [0.2, 0.25) is 0 Å². The second-order valence-electron chi connectivity index (χ2n) is 4.83. The first-order valence-electron chi connectivity index (χ1n) is 6.29. The van der Waals surface area contributed by atoms with Gasteiger partial charge in [-0.2, -0.15) is 0 Å². The van der Waals surface area contributed by atoms with E-state index in [2.05, 4.69) is 0 Å². The Hall–Kier alpha value is -2.24. The van der Waals surface area contributed by atoms with Crippen molar-refractivity contribution in [3.63, 3.8) is 0 Å². The summed E-state index contributed by atoms with van der Waals surface area (Å²) in [7, 11) is 4.65. The number of methoxy groups -OCH3 is 2. The zero-order chi connectivity index (χ0) is 15.0. The van der Waals surface area contributed by atoms with Gasteiger partial charge in [0.2, 0.25) is 0 Å². The van der Waals surface area contributed by atoms with Gasteiger partial charge < -0.3 is 9.47 Å². The van der Waals surface area contributed by atoms with E-state index in [4.69, 9.17) is 9.47 Å². The SMILES string of the molecule is COc1cc2c(=O)n(C(C)C)c(=O)n(C)c2cc1OC. The van der Waals surface area contributed by atoms with Crippen LogP contribution in [0.15, 0.2) is 21.7 Å². The van der Waals surface area contributed by atoms with Crippen LogP contribution in [0, 0.1) is 0 Å². The molecule has 1 aromatic heterocycles. The fraction of sp³-hybridized carbons (Fsp3) is 0.429. The maximum absolute atomic E-state index is 12.5. The summed E-state index contributed by atoms with van der Waals surface area (Å²) in [5, 5.41) is 0.429. The molecule has 1 aromatic carbocycles. The summed E-state index contributed by atoms with van der Waals surface area (Å²) in [5.41, 5.74) is -0.140. The molecular formula is C14H18N2O4. The fourth-order valence-corrected chi connectivity index (χ4v) is 2.25. The Kier molecular flexibility index (Phi) is 3.57. The summed E-state index contributed by atoms with van der Waals surface area (Å²) in [5.74, 6) is 0.947. The van der Waals surface area contributed by atoms with Crippen molar-refractivity contribution >= 4 is 10.9 Å². The zero-order valence-corrected chi connectivity index (χ0v) is 12.3. The largest absolute Gasteiger partial charge is 0.493 e. The van der Waals surface area contributed by atoms with Crippen LogP contribution in [0.1, 0.15) is 19.9 Å². The topological polar surface area (TPSA) is 62.5 Å². The van der Waals surface area contributed by atoms with E-state index in [1.807, 2.05) is 0 Å². The first-order chi connectivity index (χ1) is 9.42. The fourth-order valence-electron chi connectivity index (χ4n) is 2.25. The number of aromatic nitrogens is 2. The van der Waals surface area contributed by atoms with E-state index >= 15 is 0 Å². The molecule has 0 fully saturated rings. The highest BCUT2D eigenvalue weighted by atomic mass is 16.5. The van der Waals surface area contributed by atoms with Gasteiger partial charge in [0.25, 0.3) is 5.56 Å². The highest BCUT2D eigenvalue weighted by Crippen LogP contribution is 2.30. The molecule has 2 aromatic rings. The van der Waals surface area contributed by atoms with Gasteiger partial charge in [-0.25, -0.2) is 4.79 Å². The van der Waals surface area contributed by atoms with Crippen molar-refractivity contribution < 1.29 is 9.47 Å². The molecule has 0 aliphatic carbocycles. The predicted molar refractivity (Wildman–Crippen MR) is 76.9 cm³/mol. The predicted octanol–water partition coefficient (Wildman–Crippen LogP) is 1.30. The van der Waals surface area contributed by atoms with Crippen LogP contribution in [-0.2, 0) is 7.05 Å². The van der Waals surface area contributed by atoms with Gasteiger partial charge in [-0.1, -0.05) is 0 Å². The Morgan fingerprint density at radius 2 is 1.60 bits per heavy atom. The van der Waals surface area contributed by atoms with E-state index in [0.29, 0.717) is 22.4 Å². The Balaban J connectivity index is 3.01. The molecule has 0 saturated carbocycles. The smallest absolute Gasteiger partial charge is 0.331 e. The number of benzene rings is 1. The number of nitrogens with zero attached hydrogens (tertiary/aromatic N) is 2. The van der Waals surface area contributed by atoms with Crippen molar-refractivity contribution in [1.82, 2.24) is 9.13 Å². The van der Waals surface area contributed by atoms with Crippen LogP contribution >= 0.6 is 0 Å². The minimum absolute atomic E-state index is 0.210. The van der Waals surface area contributed by atoms with Gasteiger partial charge >= 0.3 is 5.69 Å². The van der Waals surface area contributed by atoms with Crippen LogP contribution in [0.5, 0.6) is 11.5 Å². The molecule has 0 saturated heterocycles. The van der Waals surface area contributed by atoms with Gasteiger partial charge in [-0.15, -0.1) is 0 Å². The lowest BCUT2D eigenvalue weighted by Crippen LogP contribution is -2.40. The van der Waals surface area contributed by atoms with Crippen LogP contribution < -0.4 is 20.7 Å². The Morgan fingerprint density at radius 3 is 2.10 bits per heavy atom. The van der Waals surface area contributed by atoms with Gasteiger partial charge in [0.15, 0.2) is 11.5 Å². The molecule has 6 heteroatoms. The number of aryl methyl sites for hydroxylation is 1. The normalized spacial score (nSPS) is 11.1. The summed E-state index contributed by atoms with van der Waals surface area (Å²) in [6, 6.07) is 3.04. The maximum atomic E-state index is 12.5. The number of hydrogen-bond donors (Lipinski definition) is 0. The van der Waals surface area contributed by atoms with Crippen molar-refractivity contribution in [2.75, 3.05) is 14.2 Å². The standard InChI is InChI=1S/C14H18N2O4/c1-8(2)16-13(17)9-6-11(19-4)12(20-5)7-10(9)15(3)14(16)18/h6-8H,1-5H3. The van der Waals surface area contributed by atoms with Crippen LogP contribution in [0.3, 0.4) is 0 Å². The molecule has 6 nitrogen and oxygen atoms in total. The molecule has 0 atom stereocenters. The van der Waals surface area contributed by atoms with Crippen molar-refractivity contribution in [2.24, 2.45) is 7.05 Å². The van der Waals surface area contributed by atoms with E-state index in [1.165, 1.54) is 23.4 Å². The molecule has 0 aliphatic rings. The molecule has 0 N–H and O–H groups in total. The van der Waals surface area contributed by atoms with Crippen LogP contribution in [0.25, 0.3) is 10.9 Å². The summed E-state index contributed by atoms with van der Waals surface area (Å²) >= 11 is 0. The third kappa shape index (κ3) is 1.97. The number of rotatable bonds is 3. The lowest BCUT2D eigenvalue weighted by atomic mass is 10.2. The van der Waals surface area contributed by atoms with E-state index in [9.17, 15) is 9.59 Å². The number of fused-ring (bicyclic) bond motifs is 1. The Morgan fingerprint density at radius 1 is 1.05 bits per heavy atom. The van der Waals surface area contributed by atoms with Crippen molar-refractivity contribution in [3.05, 3.63) is 33.0 Å². The van der Waals surface area contributed by atoms with Crippen LogP contribution in [0.4, 0.5) is 0 Å². The summed E-state index contributed by atoms with van der Waals surface area (Å²) in [4.78, 5) is 24.7. The van der Waals surface area contributed by atoms with Gasteiger partial charge in [-0.05, 0) is 19.9 Å². The van der Waals surface area contributed by atoms with E-state index in [1.54, 1.807) is 33.0 Å². The van der Waals surface area contributed by atoms with E-state index in [0.717, 1.165) is 0 Å². The summed E-state index contributed by atoms with van der Waals surface area (Å²) in [6.07, 6.45) is 0. The molecule has 0 unspecified atom stereocenters.